The molecule has 0 unspecified atom stereocenters. The van der Waals surface area contributed by atoms with Crippen molar-refractivity contribution in [3.8, 4) is 10.9 Å². The van der Waals surface area contributed by atoms with Crippen molar-refractivity contribution in [2.45, 2.75) is 13.5 Å². The van der Waals surface area contributed by atoms with Gasteiger partial charge in [0, 0.05) is 17.6 Å². The van der Waals surface area contributed by atoms with Crippen molar-refractivity contribution in [3.05, 3.63) is 41.0 Å². The van der Waals surface area contributed by atoms with Crippen LogP contribution in [-0.2, 0) is 6.54 Å². The first-order valence-corrected chi connectivity index (χ1v) is 7.09. The molecule has 0 saturated heterocycles. The molecule has 0 saturated carbocycles. The van der Waals surface area contributed by atoms with Crippen molar-refractivity contribution in [1.82, 2.24) is 20.5 Å². The maximum Gasteiger partial charge on any atom is 0.299 e. The van der Waals surface area contributed by atoms with E-state index in [-0.39, 0.29) is 0 Å². The molecule has 0 radical (unpaired) electrons. The predicted molar refractivity (Wildman–Crippen MR) is 79.2 cm³/mol. The van der Waals surface area contributed by atoms with E-state index in [1.54, 1.807) is 0 Å². The molecule has 0 amide bonds. The first-order valence-electron chi connectivity index (χ1n) is 6.27. The van der Waals surface area contributed by atoms with Gasteiger partial charge in [-0.05, 0) is 26.1 Å². The zero-order valence-corrected chi connectivity index (χ0v) is 12.1. The third-order valence-electron chi connectivity index (χ3n) is 2.80. The Bertz CT molecular complexity index is 741. The fraction of sp³-hybridized carbons (Fsp3) is 0.214. The van der Waals surface area contributed by atoms with Crippen LogP contribution in [0, 0.1) is 6.92 Å². The van der Waals surface area contributed by atoms with Gasteiger partial charge in [0.15, 0.2) is 5.75 Å². The highest BCUT2D eigenvalue weighted by Gasteiger charge is 2.09. The lowest BCUT2D eigenvalue weighted by atomic mass is 10.2. The summed E-state index contributed by atoms with van der Waals surface area (Å²) in [6, 6.07) is 9.89. The van der Waals surface area contributed by atoms with Gasteiger partial charge in [-0.1, -0.05) is 34.6 Å². The molecule has 0 fully saturated rings. The average Bonchev–Trinajstić information content (AvgIpc) is 2.87. The third-order valence-corrected chi connectivity index (χ3v) is 3.60. The highest BCUT2D eigenvalue weighted by molar-refractivity contribution is 7.13. The Morgan fingerprint density at radius 1 is 1.20 bits per heavy atom. The zero-order valence-electron chi connectivity index (χ0n) is 11.3. The number of pyridine rings is 1. The lowest BCUT2D eigenvalue weighted by molar-refractivity contribution is 0.477. The molecule has 0 spiro atoms. The minimum absolute atomic E-state index is 0.533. The summed E-state index contributed by atoms with van der Waals surface area (Å²) in [6.07, 6.45) is 0. The van der Waals surface area contributed by atoms with Crippen molar-refractivity contribution in [2.75, 3.05) is 7.05 Å². The molecule has 6 heteroatoms. The highest BCUT2D eigenvalue weighted by atomic mass is 32.1. The van der Waals surface area contributed by atoms with Crippen molar-refractivity contribution in [2.24, 2.45) is 0 Å². The van der Waals surface area contributed by atoms with Crippen molar-refractivity contribution < 1.29 is 4.74 Å². The van der Waals surface area contributed by atoms with Gasteiger partial charge in [0.05, 0.1) is 0 Å². The average molecular weight is 286 g/mol. The number of benzene rings is 1. The second-order valence-corrected chi connectivity index (χ2v) is 5.40. The fourth-order valence-corrected chi connectivity index (χ4v) is 2.61. The number of hydrogen-bond acceptors (Lipinski definition) is 6. The quantitative estimate of drug-likeness (QED) is 0.799. The second kappa shape index (κ2) is 5.52. The van der Waals surface area contributed by atoms with E-state index >= 15 is 0 Å². The minimum Gasteiger partial charge on any atom is -0.427 e. The zero-order chi connectivity index (χ0) is 13.9. The normalized spacial score (nSPS) is 10.9. The second-order valence-electron chi connectivity index (χ2n) is 4.37. The van der Waals surface area contributed by atoms with Gasteiger partial charge in [0.1, 0.15) is 10.5 Å². The van der Waals surface area contributed by atoms with E-state index in [0.29, 0.717) is 17.5 Å². The van der Waals surface area contributed by atoms with Gasteiger partial charge in [-0.3, -0.25) is 0 Å². The molecule has 2 aromatic heterocycles. The monoisotopic (exact) mass is 286 g/mol. The van der Waals surface area contributed by atoms with Crippen LogP contribution in [0.25, 0.3) is 10.9 Å². The Hall–Kier alpha value is -2.05. The van der Waals surface area contributed by atoms with Crippen LogP contribution >= 0.6 is 11.3 Å². The summed E-state index contributed by atoms with van der Waals surface area (Å²) >= 11 is 1.43. The molecule has 0 bridgehead atoms. The van der Waals surface area contributed by atoms with Crippen molar-refractivity contribution in [1.29, 1.82) is 0 Å². The highest BCUT2D eigenvalue weighted by Crippen LogP contribution is 2.30. The van der Waals surface area contributed by atoms with E-state index in [1.807, 2.05) is 44.3 Å². The molecule has 0 aliphatic rings. The molecule has 3 aromatic rings. The first-order chi connectivity index (χ1) is 9.76. The molecule has 0 atom stereocenters. The van der Waals surface area contributed by atoms with Gasteiger partial charge in [0.2, 0.25) is 0 Å². The summed E-state index contributed by atoms with van der Waals surface area (Å²) in [5, 5.41) is 13.6. The number of rotatable bonds is 4. The van der Waals surface area contributed by atoms with Crippen LogP contribution in [-0.4, -0.2) is 22.2 Å². The molecule has 3 rings (SSSR count). The predicted octanol–water partition coefficient (Wildman–Crippen LogP) is 2.91. The van der Waals surface area contributed by atoms with E-state index < -0.39 is 0 Å². The molecule has 0 aliphatic heterocycles. The summed E-state index contributed by atoms with van der Waals surface area (Å²) in [6.45, 7) is 2.65. The maximum atomic E-state index is 5.83. The number of aryl methyl sites for hydroxylation is 1. The van der Waals surface area contributed by atoms with Gasteiger partial charge < -0.3 is 10.1 Å². The number of nitrogens with zero attached hydrogens (tertiary/aromatic N) is 3. The van der Waals surface area contributed by atoms with Crippen LogP contribution < -0.4 is 10.1 Å². The van der Waals surface area contributed by atoms with Crippen LogP contribution in [0.15, 0.2) is 30.3 Å². The van der Waals surface area contributed by atoms with Gasteiger partial charge >= 0.3 is 0 Å². The standard InChI is InChI=1S/C14H14N4OS/c1-9-6-7-10-4-3-5-11(13(10)16-9)19-14-18-17-12(20-14)8-15-2/h3-7,15H,8H2,1-2H3. The Kier molecular flexibility index (Phi) is 3.58. The summed E-state index contributed by atoms with van der Waals surface area (Å²) in [5.74, 6) is 0.707. The number of nitrogens with one attached hydrogen (secondary N) is 1. The largest absolute Gasteiger partial charge is 0.427 e. The minimum atomic E-state index is 0.533. The lowest BCUT2D eigenvalue weighted by Gasteiger charge is -2.05. The number of para-hydroxylation sites is 1. The number of fused-ring (bicyclic) bond motifs is 1. The Morgan fingerprint density at radius 2 is 2.10 bits per heavy atom. The van der Waals surface area contributed by atoms with Crippen LogP contribution in [0.3, 0.4) is 0 Å². The van der Waals surface area contributed by atoms with E-state index in [2.05, 4.69) is 20.5 Å². The fourth-order valence-electron chi connectivity index (χ4n) is 1.90. The molecular formula is C14H14N4OS. The first kappa shape index (κ1) is 13.0. The molecule has 0 aliphatic carbocycles. The number of hydrogen-bond donors (Lipinski definition) is 1. The third kappa shape index (κ3) is 2.61. The van der Waals surface area contributed by atoms with Crippen molar-refractivity contribution >= 4 is 22.2 Å². The summed E-state index contributed by atoms with van der Waals surface area (Å²) < 4.78 is 5.83. The van der Waals surface area contributed by atoms with E-state index in [9.17, 15) is 0 Å². The topological polar surface area (TPSA) is 59.9 Å². The summed E-state index contributed by atoms with van der Waals surface area (Å²) in [5.41, 5.74) is 1.81. The van der Waals surface area contributed by atoms with Crippen LogP contribution in [0.4, 0.5) is 0 Å². The smallest absolute Gasteiger partial charge is 0.299 e. The molecule has 102 valence electrons. The van der Waals surface area contributed by atoms with Crippen LogP contribution in [0.2, 0.25) is 0 Å². The lowest BCUT2D eigenvalue weighted by Crippen LogP contribution is -2.04. The van der Waals surface area contributed by atoms with Crippen LogP contribution in [0.5, 0.6) is 10.9 Å². The molecule has 2 heterocycles. The van der Waals surface area contributed by atoms with Crippen molar-refractivity contribution in [3.63, 3.8) is 0 Å². The van der Waals surface area contributed by atoms with Gasteiger partial charge in [-0.25, -0.2) is 4.98 Å². The number of ether oxygens (including phenoxy) is 1. The molecule has 5 nitrogen and oxygen atoms in total. The Labute approximate surface area is 120 Å². The molecule has 20 heavy (non-hydrogen) atoms. The van der Waals surface area contributed by atoms with E-state index in [1.165, 1.54) is 11.3 Å². The van der Waals surface area contributed by atoms with Gasteiger partial charge in [-0.2, -0.15) is 0 Å². The number of aromatic nitrogens is 3. The van der Waals surface area contributed by atoms with Gasteiger partial charge in [0.25, 0.3) is 5.19 Å². The Balaban J connectivity index is 1.95. The van der Waals surface area contributed by atoms with Crippen LogP contribution in [0.1, 0.15) is 10.7 Å². The summed E-state index contributed by atoms with van der Waals surface area (Å²) in [7, 11) is 1.87. The van der Waals surface area contributed by atoms with Gasteiger partial charge in [-0.15, -0.1) is 5.10 Å². The Morgan fingerprint density at radius 3 is 2.95 bits per heavy atom. The summed E-state index contributed by atoms with van der Waals surface area (Å²) in [4.78, 5) is 4.53. The molecular weight excluding hydrogens is 272 g/mol. The van der Waals surface area contributed by atoms with E-state index in [0.717, 1.165) is 21.6 Å². The maximum absolute atomic E-state index is 5.83. The SMILES string of the molecule is CNCc1nnc(Oc2cccc3ccc(C)nc23)s1. The molecule has 1 N–H and O–H groups in total. The molecule has 1 aromatic carbocycles. The van der Waals surface area contributed by atoms with E-state index in [4.69, 9.17) is 4.74 Å².